The molecule has 11 heteroatoms. The second kappa shape index (κ2) is 8.13. The van der Waals surface area contributed by atoms with E-state index in [9.17, 15) is 18.4 Å². The molecule has 0 spiro atoms. The van der Waals surface area contributed by atoms with Crippen molar-refractivity contribution in [2.24, 2.45) is 0 Å². The molecule has 27 heavy (non-hydrogen) atoms. The first kappa shape index (κ1) is 19.4. The molecule has 2 aromatic rings. The van der Waals surface area contributed by atoms with E-state index < -0.39 is 29.2 Å². The predicted octanol–water partition coefficient (Wildman–Crippen LogP) is 2.94. The molecule has 0 radical (unpaired) electrons. The van der Waals surface area contributed by atoms with Gasteiger partial charge in [-0.15, -0.1) is 0 Å². The Morgan fingerprint density at radius 1 is 1.07 bits per heavy atom. The highest BCUT2D eigenvalue weighted by molar-refractivity contribution is 7.80. The van der Waals surface area contributed by atoms with Gasteiger partial charge in [0, 0.05) is 6.07 Å². The average molecular weight is 430 g/mol. The van der Waals surface area contributed by atoms with Crippen molar-refractivity contribution in [3.05, 3.63) is 52.5 Å². The standard InChI is InChI=1S/C16H13Cl2N3O5S/c17-12-6-5-11(7-13(12)18)26-10-3-1-9(2-4-10)21(27(24)25)8-14-15(22)20-16(23)19-14/h1-7,14H,8H2,(H,24,25)(H2,19,20,22,23)/t14-/m0/s1. The van der Waals surface area contributed by atoms with E-state index >= 15 is 0 Å². The van der Waals surface area contributed by atoms with Crippen molar-refractivity contribution in [1.29, 1.82) is 0 Å². The van der Waals surface area contributed by atoms with Crippen molar-refractivity contribution in [2.75, 3.05) is 10.8 Å². The van der Waals surface area contributed by atoms with Crippen LogP contribution in [0.2, 0.25) is 10.0 Å². The SMILES string of the molecule is O=C1NC(=O)[C@H](CN(c2ccc(Oc3ccc(Cl)c(Cl)c3)cc2)S(=O)O)N1. The molecule has 3 amide bonds. The predicted molar refractivity (Wildman–Crippen MR) is 102 cm³/mol. The van der Waals surface area contributed by atoms with Gasteiger partial charge in [0.25, 0.3) is 17.2 Å². The van der Waals surface area contributed by atoms with E-state index in [0.29, 0.717) is 27.2 Å². The van der Waals surface area contributed by atoms with Gasteiger partial charge < -0.3 is 10.1 Å². The number of hydrogen-bond acceptors (Lipinski definition) is 4. The van der Waals surface area contributed by atoms with Crippen molar-refractivity contribution in [3.8, 4) is 11.5 Å². The van der Waals surface area contributed by atoms with Gasteiger partial charge >= 0.3 is 6.03 Å². The van der Waals surface area contributed by atoms with Gasteiger partial charge in [-0.1, -0.05) is 23.2 Å². The summed E-state index contributed by atoms with van der Waals surface area (Å²) in [4.78, 5) is 22.8. The minimum Gasteiger partial charge on any atom is -0.457 e. The molecule has 2 atom stereocenters. The fraction of sp³-hybridized carbons (Fsp3) is 0.125. The van der Waals surface area contributed by atoms with Gasteiger partial charge in [-0.3, -0.25) is 19.0 Å². The molecule has 142 valence electrons. The first-order valence-corrected chi connectivity index (χ1v) is 9.38. The molecular formula is C16H13Cl2N3O5S. The number of rotatable bonds is 6. The molecule has 3 rings (SSSR count). The topological polar surface area (TPSA) is 108 Å². The van der Waals surface area contributed by atoms with E-state index in [-0.39, 0.29) is 6.54 Å². The molecule has 2 aromatic carbocycles. The summed E-state index contributed by atoms with van der Waals surface area (Å²) in [6.45, 7) is -0.173. The average Bonchev–Trinajstić information content (AvgIpc) is 2.94. The molecule has 8 nitrogen and oxygen atoms in total. The lowest BCUT2D eigenvalue weighted by Gasteiger charge is -2.22. The Morgan fingerprint density at radius 2 is 1.74 bits per heavy atom. The lowest BCUT2D eigenvalue weighted by atomic mass is 10.2. The van der Waals surface area contributed by atoms with E-state index in [2.05, 4.69) is 10.6 Å². The summed E-state index contributed by atoms with van der Waals surface area (Å²) in [7, 11) is 0. The molecule has 1 fully saturated rings. The maximum absolute atomic E-state index is 11.7. The number of carbonyl (C=O) groups excluding carboxylic acids is 2. The lowest BCUT2D eigenvalue weighted by Crippen LogP contribution is -2.42. The Hall–Kier alpha value is -2.33. The molecule has 1 aliphatic rings. The quantitative estimate of drug-likeness (QED) is 0.483. The molecule has 1 saturated heterocycles. The Balaban J connectivity index is 1.73. The molecule has 0 aliphatic carbocycles. The second-order valence-corrected chi connectivity index (χ2v) is 7.20. The summed E-state index contributed by atoms with van der Waals surface area (Å²) in [5.74, 6) is 0.382. The largest absolute Gasteiger partial charge is 0.457 e. The van der Waals surface area contributed by atoms with E-state index in [4.69, 9.17) is 27.9 Å². The fourth-order valence-electron chi connectivity index (χ4n) is 2.37. The van der Waals surface area contributed by atoms with Crippen LogP contribution in [0.25, 0.3) is 0 Å². The van der Waals surface area contributed by atoms with Crippen LogP contribution in [-0.2, 0) is 16.1 Å². The smallest absolute Gasteiger partial charge is 0.322 e. The normalized spacial score (nSPS) is 17.2. The molecule has 0 saturated carbocycles. The van der Waals surface area contributed by atoms with Crippen molar-refractivity contribution in [1.82, 2.24) is 10.6 Å². The van der Waals surface area contributed by atoms with Gasteiger partial charge in [0.2, 0.25) is 0 Å². The third-order valence-electron chi connectivity index (χ3n) is 3.65. The van der Waals surface area contributed by atoms with Crippen molar-refractivity contribution >= 4 is 52.1 Å². The van der Waals surface area contributed by atoms with Crippen LogP contribution >= 0.6 is 23.2 Å². The van der Waals surface area contributed by atoms with Gasteiger partial charge in [-0.25, -0.2) is 9.00 Å². The molecule has 3 N–H and O–H groups in total. The number of ether oxygens (including phenoxy) is 1. The van der Waals surface area contributed by atoms with Crippen LogP contribution in [0.5, 0.6) is 11.5 Å². The summed E-state index contributed by atoms with van der Waals surface area (Å²) in [5, 5.41) is 5.21. The minimum atomic E-state index is -2.40. The third-order valence-corrected chi connectivity index (χ3v) is 5.12. The molecular weight excluding hydrogens is 417 g/mol. The van der Waals surface area contributed by atoms with Crippen molar-refractivity contribution < 1.29 is 23.1 Å². The summed E-state index contributed by atoms with van der Waals surface area (Å²) in [5.41, 5.74) is 0.367. The Morgan fingerprint density at radius 3 is 2.30 bits per heavy atom. The number of urea groups is 1. The van der Waals surface area contributed by atoms with Crippen molar-refractivity contribution in [2.45, 2.75) is 6.04 Å². The Kier molecular flexibility index (Phi) is 5.85. The number of benzene rings is 2. The van der Waals surface area contributed by atoms with E-state index in [1.165, 1.54) is 0 Å². The highest BCUT2D eigenvalue weighted by atomic mass is 35.5. The molecule has 1 aliphatic heterocycles. The molecule has 1 unspecified atom stereocenters. The second-order valence-electron chi connectivity index (χ2n) is 5.48. The van der Waals surface area contributed by atoms with Gasteiger partial charge in [-0.05, 0) is 36.4 Å². The lowest BCUT2D eigenvalue weighted by molar-refractivity contribution is -0.119. The molecule has 0 aromatic heterocycles. The van der Waals surface area contributed by atoms with Gasteiger partial charge in [0.05, 0.1) is 22.3 Å². The van der Waals surface area contributed by atoms with Crippen LogP contribution in [0.3, 0.4) is 0 Å². The van der Waals surface area contributed by atoms with E-state index in [1.807, 2.05) is 0 Å². The monoisotopic (exact) mass is 429 g/mol. The minimum absolute atomic E-state index is 0.173. The number of amides is 3. The fourth-order valence-corrected chi connectivity index (χ4v) is 3.24. The first-order valence-electron chi connectivity index (χ1n) is 7.56. The summed E-state index contributed by atoms with van der Waals surface area (Å²) < 4.78 is 27.9. The highest BCUT2D eigenvalue weighted by Gasteiger charge is 2.32. The van der Waals surface area contributed by atoms with Crippen LogP contribution in [0.1, 0.15) is 0 Å². The van der Waals surface area contributed by atoms with E-state index in [1.54, 1.807) is 42.5 Å². The zero-order valence-corrected chi connectivity index (χ0v) is 15.8. The number of anilines is 1. The first-order chi connectivity index (χ1) is 12.8. The van der Waals surface area contributed by atoms with Gasteiger partial charge in [0.1, 0.15) is 17.5 Å². The number of carbonyl (C=O) groups is 2. The zero-order valence-electron chi connectivity index (χ0n) is 13.5. The van der Waals surface area contributed by atoms with Crippen LogP contribution in [-0.4, -0.2) is 33.3 Å². The summed E-state index contributed by atoms with van der Waals surface area (Å²) in [6.07, 6.45) is 0. The zero-order chi connectivity index (χ0) is 19.6. The number of nitrogens with zero attached hydrogens (tertiary/aromatic N) is 1. The van der Waals surface area contributed by atoms with Crippen LogP contribution < -0.4 is 19.7 Å². The van der Waals surface area contributed by atoms with Crippen LogP contribution in [0.15, 0.2) is 42.5 Å². The number of imide groups is 1. The number of nitrogens with one attached hydrogen (secondary N) is 2. The number of hydrogen-bond donors (Lipinski definition) is 3. The summed E-state index contributed by atoms with van der Waals surface area (Å²) in [6, 6.07) is 9.53. The maximum atomic E-state index is 11.7. The Labute approximate surface area is 166 Å². The van der Waals surface area contributed by atoms with Crippen molar-refractivity contribution in [3.63, 3.8) is 0 Å². The highest BCUT2D eigenvalue weighted by Crippen LogP contribution is 2.30. The number of halogens is 2. The molecule has 0 bridgehead atoms. The maximum Gasteiger partial charge on any atom is 0.322 e. The van der Waals surface area contributed by atoms with Gasteiger partial charge in [-0.2, -0.15) is 0 Å². The third kappa shape index (κ3) is 4.69. The van der Waals surface area contributed by atoms with Crippen LogP contribution in [0, 0.1) is 0 Å². The van der Waals surface area contributed by atoms with Gasteiger partial charge in [0.15, 0.2) is 0 Å². The van der Waals surface area contributed by atoms with Crippen LogP contribution in [0.4, 0.5) is 10.5 Å². The van der Waals surface area contributed by atoms with E-state index in [0.717, 1.165) is 4.31 Å². The molecule has 1 heterocycles. The Bertz CT molecular complexity index is 909. The summed E-state index contributed by atoms with van der Waals surface area (Å²) >= 11 is 9.40.